The molecule has 4 rings (SSSR count). The highest BCUT2D eigenvalue weighted by atomic mass is 15.3. The van der Waals surface area contributed by atoms with Crippen LogP contribution in [0.3, 0.4) is 0 Å². The predicted octanol–water partition coefficient (Wildman–Crippen LogP) is 3.70. The van der Waals surface area contributed by atoms with Crippen molar-refractivity contribution in [3.8, 4) is 0 Å². The molecular weight excluding hydrogens is 256 g/mol. The van der Waals surface area contributed by atoms with Gasteiger partial charge in [-0.1, -0.05) is 43.2 Å². The standard InChI is InChI=1S/C19H28N2/c1-2-9-17(10-3-1)19-15-20-12-6-11-18(20)14-21(19)13-16-7-4-5-8-16/h1-3,9-10,16,18-19H,4-8,11-15H2. The number of fused-ring (bicyclic) bond motifs is 1. The highest BCUT2D eigenvalue weighted by Crippen LogP contribution is 2.35. The first-order valence-electron chi connectivity index (χ1n) is 8.93. The molecule has 2 heterocycles. The lowest BCUT2D eigenvalue weighted by Gasteiger charge is -2.45. The van der Waals surface area contributed by atoms with Crippen LogP contribution >= 0.6 is 0 Å². The van der Waals surface area contributed by atoms with E-state index in [1.807, 2.05) is 0 Å². The number of hydrogen-bond acceptors (Lipinski definition) is 2. The summed E-state index contributed by atoms with van der Waals surface area (Å²) in [6.45, 7) is 5.21. The summed E-state index contributed by atoms with van der Waals surface area (Å²) in [7, 11) is 0. The van der Waals surface area contributed by atoms with Crippen LogP contribution in [0.25, 0.3) is 0 Å². The van der Waals surface area contributed by atoms with Crippen LogP contribution in [0.15, 0.2) is 30.3 Å². The van der Waals surface area contributed by atoms with Gasteiger partial charge in [0.25, 0.3) is 0 Å². The molecule has 2 unspecified atom stereocenters. The fraction of sp³-hybridized carbons (Fsp3) is 0.684. The lowest BCUT2D eigenvalue weighted by Crippen LogP contribution is -2.52. The summed E-state index contributed by atoms with van der Waals surface area (Å²) in [4.78, 5) is 5.58. The Bertz CT molecular complexity index is 450. The van der Waals surface area contributed by atoms with Crippen LogP contribution in [-0.2, 0) is 0 Å². The molecule has 0 radical (unpaired) electrons. The van der Waals surface area contributed by atoms with Gasteiger partial charge in [-0.15, -0.1) is 0 Å². The zero-order valence-electron chi connectivity index (χ0n) is 13.1. The van der Waals surface area contributed by atoms with Crippen molar-refractivity contribution >= 4 is 0 Å². The molecule has 1 saturated carbocycles. The van der Waals surface area contributed by atoms with Crippen LogP contribution in [0.2, 0.25) is 0 Å². The molecule has 21 heavy (non-hydrogen) atoms. The van der Waals surface area contributed by atoms with Crippen molar-refractivity contribution in [2.24, 2.45) is 5.92 Å². The van der Waals surface area contributed by atoms with Gasteiger partial charge in [0.2, 0.25) is 0 Å². The fourth-order valence-electron chi connectivity index (χ4n) is 4.80. The normalized spacial score (nSPS) is 31.6. The first-order chi connectivity index (χ1) is 10.4. The summed E-state index contributed by atoms with van der Waals surface area (Å²) in [6, 6.07) is 12.7. The number of benzene rings is 1. The van der Waals surface area contributed by atoms with Crippen molar-refractivity contribution in [2.45, 2.75) is 50.6 Å². The number of nitrogens with zero attached hydrogens (tertiary/aromatic N) is 2. The lowest BCUT2D eigenvalue weighted by atomic mass is 9.97. The quantitative estimate of drug-likeness (QED) is 0.835. The second-order valence-corrected chi connectivity index (χ2v) is 7.32. The van der Waals surface area contributed by atoms with Crippen molar-refractivity contribution in [2.75, 3.05) is 26.2 Å². The maximum Gasteiger partial charge on any atom is 0.0476 e. The maximum atomic E-state index is 2.83. The molecule has 1 aromatic carbocycles. The summed E-state index contributed by atoms with van der Waals surface area (Å²) in [5.74, 6) is 0.962. The fourth-order valence-corrected chi connectivity index (χ4v) is 4.80. The molecule has 2 atom stereocenters. The zero-order valence-corrected chi connectivity index (χ0v) is 13.1. The van der Waals surface area contributed by atoms with Crippen LogP contribution in [0.1, 0.15) is 50.1 Å². The van der Waals surface area contributed by atoms with Crippen molar-refractivity contribution in [3.05, 3.63) is 35.9 Å². The van der Waals surface area contributed by atoms with Crippen LogP contribution in [-0.4, -0.2) is 42.0 Å². The van der Waals surface area contributed by atoms with Crippen molar-refractivity contribution < 1.29 is 0 Å². The second kappa shape index (κ2) is 6.10. The highest BCUT2D eigenvalue weighted by Gasteiger charge is 2.37. The molecule has 0 aromatic heterocycles. The van der Waals surface area contributed by atoms with E-state index in [9.17, 15) is 0 Å². The van der Waals surface area contributed by atoms with Gasteiger partial charge in [-0.05, 0) is 43.7 Å². The molecule has 2 heteroatoms. The Kier molecular flexibility index (Phi) is 4.00. The summed E-state index contributed by atoms with van der Waals surface area (Å²) in [6.07, 6.45) is 8.68. The minimum atomic E-state index is 0.626. The van der Waals surface area contributed by atoms with Gasteiger partial charge in [0.1, 0.15) is 0 Å². The Morgan fingerprint density at radius 2 is 1.71 bits per heavy atom. The largest absolute Gasteiger partial charge is 0.297 e. The van der Waals surface area contributed by atoms with E-state index < -0.39 is 0 Å². The Hall–Kier alpha value is -0.860. The van der Waals surface area contributed by atoms with E-state index in [2.05, 4.69) is 40.1 Å². The van der Waals surface area contributed by atoms with Crippen LogP contribution in [0.5, 0.6) is 0 Å². The van der Waals surface area contributed by atoms with Crippen LogP contribution in [0, 0.1) is 5.92 Å². The monoisotopic (exact) mass is 284 g/mol. The SMILES string of the molecule is c1ccc(C2CN3CCCC3CN2CC2CCCC2)cc1. The van der Waals surface area contributed by atoms with Gasteiger partial charge in [0.05, 0.1) is 0 Å². The third-order valence-electron chi connectivity index (χ3n) is 5.94. The minimum absolute atomic E-state index is 0.626. The van der Waals surface area contributed by atoms with Crippen molar-refractivity contribution in [3.63, 3.8) is 0 Å². The Morgan fingerprint density at radius 1 is 0.905 bits per heavy atom. The molecule has 0 amide bonds. The average molecular weight is 284 g/mol. The van der Waals surface area contributed by atoms with Gasteiger partial charge in [-0.3, -0.25) is 9.80 Å². The molecule has 2 aliphatic heterocycles. The van der Waals surface area contributed by atoms with E-state index in [4.69, 9.17) is 0 Å². The molecule has 0 bridgehead atoms. The molecule has 2 nitrogen and oxygen atoms in total. The van der Waals surface area contributed by atoms with Crippen molar-refractivity contribution in [1.29, 1.82) is 0 Å². The topological polar surface area (TPSA) is 6.48 Å². The van der Waals surface area contributed by atoms with E-state index in [0.29, 0.717) is 6.04 Å². The van der Waals surface area contributed by atoms with Gasteiger partial charge < -0.3 is 0 Å². The summed E-state index contributed by atoms with van der Waals surface area (Å²) in [5, 5.41) is 0. The Labute approximate surface area is 129 Å². The summed E-state index contributed by atoms with van der Waals surface area (Å²) in [5.41, 5.74) is 1.53. The van der Waals surface area contributed by atoms with E-state index in [0.717, 1.165) is 12.0 Å². The molecule has 114 valence electrons. The summed E-state index contributed by atoms with van der Waals surface area (Å²) < 4.78 is 0. The van der Waals surface area contributed by atoms with Gasteiger partial charge in [-0.2, -0.15) is 0 Å². The molecule has 1 aromatic rings. The van der Waals surface area contributed by atoms with Gasteiger partial charge in [0.15, 0.2) is 0 Å². The lowest BCUT2D eigenvalue weighted by molar-refractivity contribution is 0.0397. The van der Waals surface area contributed by atoms with Gasteiger partial charge in [0, 0.05) is 31.7 Å². The second-order valence-electron chi connectivity index (χ2n) is 7.32. The summed E-state index contributed by atoms with van der Waals surface area (Å²) >= 11 is 0. The minimum Gasteiger partial charge on any atom is -0.297 e. The third kappa shape index (κ3) is 2.89. The van der Waals surface area contributed by atoms with E-state index in [1.54, 1.807) is 0 Å². The number of hydrogen-bond donors (Lipinski definition) is 0. The smallest absolute Gasteiger partial charge is 0.0476 e. The van der Waals surface area contributed by atoms with E-state index in [-0.39, 0.29) is 0 Å². The molecule has 1 aliphatic carbocycles. The molecule has 3 aliphatic rings. The number of rotatable bonds is 3. The first-order valence-corrected chi connectivity index (χ1v) is 8.93. The molecular formula is C19H28N2. The van der Waals surface area contributed by atoms with E-state index in [1.165, 1.54) is 70.3 Å². The van der Waals surface area contributed by atoms with Gasteiger partial charge >= 0.3 is 0 Å². The Balaban J connectivity index is 1.54. The zero-order chi connectivity index (χ0) is 14.1. The van der Waals surface area contributed by atoms with Crippen LogP contribution < -0.4 is 0 Å². The third-order valence-corrected chi connectivity index (χ3v) is 5.94. The average Bonchev–Trinajstić information content (AvgIpc) is 3.18. The van der Waals surface area contributed by atoms with Gasteiger partial charge in [-0.25, -0.2) is 0 Å². The highest BCUT2D eigenvalue weighted by molar-refractivity contribution is 5.20. The van der Waals surface area contributed by atoms with E-state index >= 15 is 0 Å². The van der Waals surface area contributed by atoms with Crippen molar-refractivity contribution in [1.82, 2.24) is 9.80 Å². The maximum absolute atomic E-state index is 2.83. The molecule has 2 saturated heterocycles. The first kappa shape index (κ1) is 13.8. The number of piperazine rings is 1. The molecule has 0 N–H and O–H groups in total. The molecule has 0 spiro atoms. The predicted molar refractivity (Wildman–Crippen MR) is 87.3 cm³/mol. The Morgan fingerprint density at radius 3 is 2.52 bits per heavy atom. The van der Waals surface area contributed by atoms with Crippen LogP contribution in [0.4, 0.5) is 0 Å². The molecule has 3 fully saturated rings.